The predicted octanol–water partition coefficient (Wildman–Crippen LogP) is 12.2. The number of fused-ring (bicyclic) bond motifs is 7. The molecule has 2 heteroatoms. The third-order valence-corrected chi connectivity index (χ3v) is 9.57. The van der Waals surface area contributed by atoms with E-state index in [0.717, 1.165) is 17.1 Å². The minimum absolute atomic E-state index is 0.902. The number of nitrogens with zero attached hydrogens (tertiary/aromatic N) is 1. The molecule has 0 aliphatic carbocycles. The van der Waals surface area contributed by atoms with Gasteiger partial charge in [-0.1, -0.05) is 115 Å². The van der Waals surface area contributed by atoms with Crippen molar-refractivity contribution < 1.29 is 4.74 Å². The number of rotatable bonds is 3. The van der Waals surface area contributed by atoms with Crippen molar-refractivity contribution in [1.29, 1.82) is 0 Å². The van der Waals surface area contributed by atoms with Crippen molar-refractivity contribution in [1.82, 2.24) is 4.57 Å². The summed E-state index contributed by atoms with van der Waals surface area (Å²) in [5, 5.41) is 7.46. The average molecular weight is 586 g/mol. The summed E-state index contributed by atoms with van der Waals surface area (Å²) in [7, 11) is 0. The fraction of sp³-hybridized carbons (Fsp3) is 0. The van der Waals surface area contributed by atoms with Crippen LogP contribution in [0, 0.1) is 0 Å². The highest BCUT2D eigenvalue weighted by Gasteiger charge is 2.21. The quantitative estimate of drug-likeness (QED) is 0.201. The van der Waals surface area contributed by atoms with E-state index >= 15 is 0 Å². The summed E-state index contributed by atoms with van der Waals surface area (Å²) in [6, 6.07) is 59.0. The van der Waals surface area contributed by atoms with E-state index in [1.807, 2.05) is 0 Å². The topological polar surface area (TPSA) is 14.2 Å². The van der Waals surface area contributed by atoms with Crippen LogP contribution in [-0.4, -0.2) is 4.57 Å². The Hall–Kier alpha value is -6.12. The molecule has 214 valence electrons. The fourth-order valence-electron chi connectivity index (χ4n) is 7.54. The monoisotopic (exact) mass is 585 g/mol. The van der Waals surface area contributed by atoms with Gasteiger partial charge in [0.1, 0.15) is 11.5 Å². The van der Waals surface area contributed by atoms with E-state index in [0.29, 0.717) is 0 Å². The van der Waals surface area contributed by atoms with Crippen LogP contribution < -0.4 is 4.74 Å². The van der Waals surface area contributed by atoms with Gasteiger partial charge in [-0.2, -0.15) is 0 Å². The van der Waals surface area contributed by atoms with Gasteiger partial charge in [-0.3, -0.25) is 0 Å². The lowest BCUT2D eigenvalue weighted by Crippen LogP contribution is -1.97. The van der Waals surface area contributed by atoms with Crippen LogP contribution in [-0.2, 0) is 0 Å². The summed E-state index contributed by atoms with van der Waals surface area (Å²) in [5.41, 5.74) is 10.8. The second-order valence-electron chi connectivity index (χ2n) is 12.1. The molecule has 0 atom stereocenters. The Balaban J connectivity index is 1.14. The molecule has 2 heterocycles. The van der Waals surface area contributed by atoms with Crippen molar-refractivity contribution in [2.24, 2.45) is 0 Å². The molecule has 0 radical (unpaired) electrons. The summed E-state index contributed by atoms with van der Waals surface area (Å²) >= 11 is 0. The van der Waals surface area contributed by atoms with Crippen molar-refractivity contribution in [3.05, 3.63) is 164 Å². The number of ether oxygens (including phenoxy) is 1. The number of hydrogen-bond donors (Lipinski definition) is 0. The lowest BCUT2D eigenvalue weighted by atomic mass is 9.91. The summed E-state index contributed by atoms with van der Waals surface area (Å²) in [6.45, 7) is 0. The molecule has 46 heavy (non-hydrogen) atoms. The Morgan fingerprint density at radius 2 is 1.11 bits per heavy atom. The highest BCUT2D eigenvalue weighted by molar-refractivity contribution is 6.23. The Labute approximate surface area is 266 Å². The number of para-hydroxylation sites is 2. The van der Waals surface area contributed by atoms with Crippen molar-refractivity contribution in [2.75, 3.05) is 0 Å². The standard InChI is InChI=1S/C44H27NO/c1-2-14-32(15-3-1)45-39-20-5-4-16-37(39)44-35-19-9-17-33(34(35)23-24-40(44)45)31-13-6-12-29(26-31)30-22-25-41-38(27-30)36-18-7-10-28-11-8-21-42(46-41)43(28)36/h1-27H. The molecule has 0 fully saturated rings. The molecule has 9 aromatic rings. The highest BCUT2D eigenvalue weighted by Crippen LogP contribution is 2.48. The first-order valence-electron chi connectivity index (χ1n) is 15.8. The SMILES string of the molecule is c1ccc(-n2c3ccccc3c3c4cccc(-c5cccc(-c6ccc7c(c6)-c6cccc8cccc(c68)O7)c5)c4ccc32)cc1. The molecule has 0 amide bonds. The van der Waals surface area contributed by atoms with Crippen molar-refractivity contribution in [3.8, 4) is 50.6 Å². The van der Waals surface area contributed by atoms with Gasteiger partial charge in [-0.05, 0) is 92.5 Å². The van der Waals surface area contributed by atoms with Crippen molar-refractivity contribution in [2.45, 2.75) is 0 Å². The smallest absolute Gasteiger partial charge is 0.135 e. The van der Waals surface area contributed by atoms with Gasteiger partial charge in [-0.25, -0.2) is 0 Å². The van der Waals surface area contributed by atoms with Gasteiger partial charge in [0.15, 0.2) is 0 Å². The summed E-state index contributed by atoms with van der Waals surface area (Å²) in [4.78, 5) is 0. The molecule has 8 aromatic carbocycles. The first kappa shape index (κ1) is 25.2. The molecule has 0 N–H and O–H groups in total. The van der Waals surface area contributed by atoms with Gasteiger partial charge in [0.05, 0.1) is 11.0 Å². The van der Waals surface area contributed by atoms with E-state index in [9.17, 15) is 0 Å². The van der Waals surface area contributed by atoms with Gasteiger partial charge < -0.3 is 9.30 Å². The van der Waals surface area contributed by atoms with Gasteiger partial charge >= 0.3 is 0 Å². The first-order valence-corrected chi connectivity index (χ1v) is 15.8. The maximum atomic E-state index is 6.38. The predicted molar refractivity (Wildman–Crippen MR) is 192 cm³/mol. The maximum absolute atomic E-state index is 6.38. The van der Waals surface area contributed by atoms with Crippen LogP contribution in [0.5, 0.6) is 11.5 Å². The van der Waals surface area contributed by atoms with Crippen LogP contribution in [0.25, 0.3) is 82.4 Å². The van der Waals surface area contributed by atoms with Crippen LogP contribution in [0.2, 0.25) is 0 Å². The zero-order valence-corrected chi connectivity index (χ0v) is 24.9. The third kappa shape index (κ3) is 3.65. The Bertz CT molecular complexity index is 2660. The zero-order valence-electron chi connectivity index (χ0n) is 24.9. The molecular weight excluding hydrogens is 558 g/mol. The van der Waals surface area contributed by atoms with Crippen molar-refractivity contribution in [3.63, 3.8) is 0 Å². The molecular formula is C44H27NO. The van der Waals surface area contributed by atoms with Crippen LogP contribution in [0.15, 0.2) is 164 Å². The molecule has 0 saturated heterocycles. The first-order chi connectivity index (χ1) is 22.8. The summed E-state index contributed by atoms with van der Waals surface area (Å²) in [5.74, 6) is 1.83. The Kier molecular flexibility index (Phi) is 5.31. The average Bonchev–Trinajstić information content (AvgIpc) is 3.47. The minimum atomic E-state index is 0.902. The Morgan fingerprint density at radius 1 is 0.370 bits per heavy atom. The largest absolute Gasteiger partial charge is 0.456 e. The third-order valence-electron chi connectivity index (χ3n) is 9.57. The van der Waals surface area contributed by atoms with E-state index < -0.39 is 0 Å². The molecule has 1 aliphatic rings. The van der Waals surface area contributed by atoms with Crippen molar-refractivity contribution >= 4 is 43.4 Å². The lowest BCUT2D eigenvalue weighted by Gasteiger charge is -2.22. The second kappa shape index (κ2) is 9.69. The molecule has 1 aromatic heterocycles. The van der Waals surface area contributed by atoms with Crippen LogP contribution in [0.4, 0.5) is 0 Å². The van der Waals surface area contributed by atoms with Crippen LogP contribution in [0.3, 0.4) is 0 Å². The van der Waals surface area contributed by atoms with Gasteiger partial charge in [0.25, 0.3) is 0 Å². The Morgan fingerprint density at radius 3 is 2.04 bits per heavy atom. The molecule has 10 rings (SSSR count). The second-order valence-corrected chi connectivity index (χ2v) is 12.1. The molecule has 0 saturated carbocycles. The zero-order chi connectivity index (χ0) is 30.2. The number of aromatic nitrogens is 1. The van der Waals surface area contributed by atoms with Gasteiger partial charge in [0.2, 0.25) is 0 Å². The van der Waals surface area contributed by atoms with Gasteiger partial charge in [0, 0.05) is 27.4 Å². The number of benzene rings is 8. The maximum Gasteiger partial charge on any atom is 0.135 e. The van der Waals surface area contributed by atoms with Crippen LogP contribution >= 0.6 is 0 Å². The van der Waals surface area contributed by atoms with E-state index in [1.165, 1.54) is 76.9 Å². The normalized spacial score (nSPS) is 12.1. The molecule has 0 spiro atoms. The van der Waals surface area contributed by atoms with E-state index in [1.54, 1.807) is 0 Å². The van der Waals surface area contributed by atoms with E-state index in [2.05, 4.69) is 168 Å². The van der Waals surface area contributed by atoms with Gasteiger partial charge in [-0.15, -0.1) is 0 Å². The highest BCUT2D eigenvalue weighted by atomic mass is 16.5. The molecule has 0 bridgehead atoms. The summed E-state index contributed by atoms with van der Waals surface area (Å²) < 4.78 is 8.76. The molecule has 1 aliphatic heterocycles. The van der Waals surface area contributed by atoms with E-state index in [-0.39, 0.29) is 0 Å². The summed E-state index contributed by atoms with van der Waals surface area (Å²) in [6.07, 6.45) is 0. The minimum Gasteiger partial charge on any atom is -0.456 e. The fourth-order valence-corrected chi connectivity index (χ4v) is 7.54. The van der Waals surface area contributed by atoms with Crippen LogP contribution in [0.1, 0.15) is 0 Å². The molecule has 0 unspecified atom stereocenters. The lowest BCUT2D eigenvalue weighted by molar-refractivity contribution is 0.487. The van der Waals surface area contributed by atoms with E-state index in [4.69, 9.17) is 4.74 Å². The number of hydrogen-bond acceptors (Lipinski definition) is 1. The molecule has 2 nitrogen and oxygen atoms in total.